The number of para-hydroxylation sites is 2. The number of rotatable bonds is 5. The summed E-state index contributed by atoms with van der Waals surface area (Å²) in [6, 6.07) is 15.3. The minimum absolute atomic E-state index is 0.0656. The fourth-order valence-electron chi connectivity index (χ4n) is 2.98. The zero-order valence-electron chi connectivity index (χ0n) is 16.9. The number of phenols is 2. The number of phenolic OH excluding ortho intramolecular Hbond substituents is 2. The molecule has 176 valence electrons. The van der Waals surface area contributed by atoms with Crippen LogP contribution in [0.4, 0.5) is 0 Å². The van der Waals surface area contributed by atoms with Gasteiger partial charge in [-0.2, -0.15) is 16.8 Å². The molecule has 1 heterocycles. The van der Waals surface area contributed by atoms with Crippen LogP contribution >= 0.6 is 20.7 Å². The molecule has 0 bridgehead atoms. The smallest absolute Gasteiger partial charge is 0.294 e. The maximum absolute atomic E-state index is 11.7. The van der Waals surface area contributed by atoms with Gasteiger partial charge in [-0.1, -0.05) is 24.3 Å². The van der Waals surface area contributed by atoms with E-state index in [0.29, 0.717) is 24.5 Å². The predicted molar refractivity (Wildman–Crippen MR) is 133 cm³/mol. The molecule has 0 amide bonds. The molecule has 34 heavy (non-hydrogen) atoms. The van der Waals surface area contributed by atoms with E-state index < -0.39 is 50.8 Å². The number of hydrogen-bond donors (Lipinski definition) is 4. The van der Waals surface area contributed by atoms with E-state index in [4.69, 9.17) is 0 Å². The van der Waals surface area contributed by atoms with Gasteiger partial charge < -0.3 is 10.2 Å². The Kier molecular flexibility index (Phi) is 6.39. The van der Waals surface area contributed by atoms with Gasteiger partial charge in [0.2, 0.25) is 0 Å². The minimum atomic E-state index is -4.85. The lowest BCUT2D eigenvalue weighted by Gasteiger charge is -2.15. The van der Waals surface area contributed by atoms with Crippen LogP contribution in [0.5, 0.6) is 11.5 Å². The molecule has 0 atom stereocenters. The first-order chi connectivity index (χ1) is 15.9. The summed E-state index contributed by atoms with van der Waals surface area (Å²) in [5.41, 5.74) is 0.639. The molecule has 0 saturated carbocycles. The molecule has 0 fully saturated rings. The van der Waals surface area contributed by atoms with E-state index in [1.165, 1.54) is 12.1 Å². The number of aliphatic imine (C=N–C) groups is 2. The standard InChI is InChI=1S/C21H15IN2O8S2/c25-17-7-3-1-5-15(17)19-22-20(16-6-2-4-8-18(16)26)24-21(23-19)12-9-13(33(27,28)29)11-14(10-12)34(30,31)32/h1-11,25-26H,(H,27,28,29)(H,30,31,32). The number of amidine groups is 1. The number of halogens is 1. The summed E-state index contributed by atoms with van der Waals surface area (Å²) in [7, 11) is -9.70. The minimum Gasteiger partial charge on any atom is -0.507 e. The number of benzene rings is 3. The predicted octanol–water partition coefficient (Wildman–Crippen LogP) is 2.95. The van der Waals surface area contributed by atoms with E-state index in [1.54, 1.807) is 36.4 Å². The maximum Gasteiger partial charge on any atom is 0.294 e. The molecular formula is C21H15IN2O8S2. The molecule has 4 rings (SSSR count). The highest BCUT2D eigenvalue weighted by atomic mass is 127. The van der Waals surface area contributed by atoms with Gasteiger partial charge in [-0.25, -0.2) is 9.98 Å². The van der Waals surface area contributed by atoms with Crippen LogP contribution in [-0.4, -0.2) is 49.3 Å². The van der Waals surface area contributed by atoms with Crippen LogP contribution in [0.15, 0.2) is 86.5 Å². The quantitative estimate of drug-likeness (QED) is 0.251. The topological polar surface area (TPSA) is 174 Å². The fraction of sp³-hybridized carbons (Fsp3) is 0. The summed E-state index contributed by atoms with van der Waals surface area (Å²) in [5.74, 6) is -0.272. The summed E-state index contributed by atoms with van der Waals surface area (Å²) in [6.45, 7) is 0. The molecular weight excluding hydrogens is 599 g/mol. The molecule has 1 aliphatic rings. The Labute approximate surface area is 204 Å². The zero-order valence-corrected chi connectivity index (χ0v) is 20.7. The van der Waals surface area contributed by atoms with Gasteiger partial charge in [0.05, 0.1) is 9.79 Å². The van der Waals surface area contributed by atoms with Crippen LogP contribution in [0.2, 0.25) is 0 Å². The van der Waals surface area contributed by atoms with E-state index >= 15 is 0 Å². The van der Waals surface area contributed by atoms with Crippen LogP contribution in [0.25, 0.3) is 0 Å². The first-order valence-electron chi connectivity index (χ1n) is 9.30. The van der Waals surface area contributed by atoms with Gasteiger partial charge in [0.15, 0.2) is 5.84 Å². The SMILES string of the molecule is O=S(=O)(O)c1cc(C2=NC(c3ccccc3O)=IC(c3ccccc3O)=N2)cc(S(=O)(=O)O)c1. The molecule has 0 aliphatic carbocycles. The van der Waals surface area contributed by atoms with Gasteiger partial charge in [0.1, 0.15) is 18.9 Å². The highest BCUT2D eigenvalue weighted by Gasteiger charge is 2.23. The van der Waals surface area contributed by atoms with E-state index in [0.717, 1.165) is 12.1 Å². The van der Waals surface area contributed by atoms with Crippen molar-refractivity contribution in [2.75, 3.05) is 0 Å². The lowest BCUT2D eigenvalue weighted by atomic mass is 10.1. The first-order valence-corrected chi connectivity index (χ1v) is 14.3. The second-order valence-electron chi connectivity index (χ2n) is 6.90. The number of nitrogens with zero attached hydrogens (tertiary/aromatic N) is 2. The van der Waals surface area contributed by atoms with E-state index in [2.05, 4.69) is 9.98 Å². The average Bonchev–Trinajstić information content (AvgIpc) is 2.78. The van der Waals surface area contributed by atoms with Gasteiger partial charge in [0.25, 0.3) is 20.2 Å². The third-order valence-corrected chi connectivity index (χ3v) is 8.90. The molecule has 0 aromatic heterocycles. The number of hydrogen-bond acceptors (Lipinski definition) is 8. The van der Waals surface area contributed by atoms with Crippen molar-refractivity contribution in [2.24, 2.45) is 9.98 Å². The van der Waals surface area contributed by atoms with Gasteiger partial charge in [-0.15, -0.1) is 0 Å². The van der Waals surface area contributed by atoms with E-state index in [-0.39, 0.29) is 22.9 Å². The highest BCUT2D eigenvalue weighted by molar-refractivity contribution is 14.2. The van der Waals surface area contributed by atoms with Crippen LogP contribution in [0, 0.1) is 0 Å². The molecule has 4 N–H and O–H groups in total. The second kappa shape index (κ2) is 8.99. The Morgan fingerprint density at radius 2 is 1.18 bits per heavy atom. The van der Waals surface area contributed by atoms with Crippen molar-refractivity contribution in [3.8, 4) is 11.5 Å². The third-order valence-electron chi connectivity index (χ3n) is 4.57. The van der Waals surface area contributed by atoms with Crippen molar-refractivity contribution in [2.45, 2.75) is 9.79 Å². The van der Waals surface area contributed by atoms with Crippen molar-refractivity contribution in [1.82, 2.24) is 0 Å². The Balaban J connectivity index is 2.01. The Bertz CT molecular complexity index is 1530. The van der Waals surface area contributed by atoms with Crippen molar-refractivity contribution < 1.29 is 36.2 Å². The molecule has 0 saturated heterocycles. The van der Waals surface area contributed by atoms with Crippen molar-refractivity contribution in [3.63, 3.8) is 0 Å². The van der Waals surface area contributed by atoms with E-state index in [1.807, 2.05) is 0 Å². The van der Waals surface area contributed by atoms with Crippen LogP contribution in [-0.2, 0) is 20.2 Å². The lowest BCUT2D eigenvalue weighted by molar-refractivity contribution is 0.474. The van der Waals surface area contributed by atoms with Crippen molar-refractivity contribution >= 4 is 54.2 Å². The molecule has 13 heteroatoms. The maximum atomic E-state index is 11.7. The Hall–Kier alpha value is -2.98. The van der Waals surface area contributed by atoms with Crippen molar-refractivity contribution in [3.05, 3.63) is 83.4 Å². The van der Waals surface area contributed by atoms with Gasteiger partial charge >= 0.3 is 0 Å². The average molecular weight is 614 g/mol. The second-order valence-corrected chi connectivity index (χ2v) is 12.3. The van der Waals surface area contributed by atoms with E-state index in [9.17, 15) is 36.2 Å². The monoisotopic (exact) mass is 614 g/mol. The lowest BCUT2D eigenvalue weighted by Crippen LogP contribution is -2.13. The number of aromatic hydroxyl groups is 2. The molecule has 0 radical (unpaired) electrons. The van der Waals surface area contributed by atoms with Crippen molar-refractivity contribution in [1.29, 1.82) is 0 Å². The van der Waals surface area contributed by atoms with Crippen LogP contribution < -0.4 is 0 Å². The highest BCUT2D eigenvalue weighted by Crippen LogP contribution is 2.31. The molecule has 10 nitrogen and oxygen atoms in total. The summed E-state index contributed by atoms with van der Waals surface area (Å²) in [6.07, 6.45) is 0. The normalized spacial score (nSPS) is 14.5. The van der Waals surface area contributed by atoms with Gasteiger partial charge in [0, 0.05) is 16.7 Å². The Morgan fingerprint density at radius 3 is 1.68 bits per heavy atom. The summed E-state index contributed by atoms with van der Waals surface area (Å²) < 4.78 is 66.8. The van der Waals surface area contributed by atoms with Crippen LogP contribution in [0.3, 0.4) is 0 Å². The third kappa shape index (κ3) is 5.07. The Morgan fingerprint density at radius 1 is 0.676 bits per heavy atom. The van der Waals surface area contributed by atoms with Gasteiger partial charge in [-0.05, 0) is 63.2 Å². The molecule has 0 spiro atoms. The summed E-state index contributed by atoms with van der Waals surface area (Å²) in [4.78, 5) is 7.29. The fourth-order valence-corrected chi connectivity index (χ4v) is 6.84. The zero-order chi connectivity index (χ0) is 24.7. The summed E-state index contributed by atoms with van der Waals surface area (Å²) >= 11 is -1.17. The first kappa shape index (κ1) is 24.2. The molecule has 0 unspecified atom stereocenters. The molecule has 1 aliphatic heterocycles. The largest absolute Gasteiger partial charge is 0.507 e. The molecule has 3 aromatic rings. The summed E-state index contributed by atoms with van der Waals surface area (Å²) in [5, 5.41) is 20.7. The molecule has 3 aromatic carbocycles. The van der Waals surface area contributed by atoms with Crippen LogP contribution in [0.1, 0.15) is 16.7 Å². The van der Waals surface area contributed by atoms with Gasteiger partial charge in [-0.3, -0.25) is 9.11 Å².